The van der Waals surface area contributed by atoms with Crippen molar-refractivity contribution in [3.63, 3.8) is 0 Å². The summed E-state index contributed by atoms with van der Waals surface area (Å²) in [5, 5.41) is 0.718. The van der Waals surface area contributed by atoms with Gasteiger partial charge in [0, 0.05) is 11.4 Å². The van der Waals surface area contributed by atoms with Gasteiger partial charge in [0.25, 0.3) is 0 Å². The lowest BCUT2D eigenvalue weighted by Crippen LogP contribution is -1.99. The number of hydrogen-bond acceptors (Lipinski definition) is 1. The zero-order chi connectivity index (χ0) is 11.4. The maximum Gasteiger partial charge on any atom is 0.158 e. The van der Waals surface area contributed by atoms with E-state index in [2.05, 4.69) is 0 Å². The van der Waals surface area contributed by atoms with E-state index in [0.29, 0.717) is 12.2 Å². The molecule has 0 heterocycles. The summed E-state index contributed by atoms with van der Waals surface area (Å²) in [4.78, 5) is 11.8. The van der Waals surface area contributed by atoms with Crippen molar-refractivity contribution >= 4 is 23.5 Å². The van der Waals surface area contributed by atoms with Gasteiger partial charge < -0.3 is 0 Å². The highest BCUT2D eigenvalue weighted by Crippen LogP contribution is 2.22. The molecule has 0 unspecified atom stereocenters. The summed E-state index contributed by atoms with van der Waals surface area (Å²) in [7, 11) is 0. The van der Waals surface area contributed by atoms with E-state index in [-0.39, 0.29) is 0 Å². The summed E-state index contributed by atoms with van der Waals surface area (Å²) in [6, 6.07) is 7.64. The Balaban J connectivity index is 2.24. The number of hydrogen-bond donors (Lipinski definition) is 0. The van der Waals surface area contributed by atoms with Crippen LogP contribution < -0.4 is 0 Å². The van der Waals surface area contributed by atoms with E-state index in [9.17, 15) is 4.79 Å². The molecule has 1 aromatic carbocycles. The maximum absolute atomic E-state index is 11.8. The molecule has 16 heavy (non-hydrogen) atoms. The Morgan fingerprint density at radius 1 is 1.12 bits per heavy atom. The summed E-state index contributed by atoms with van der Waals surface area (Å²) >= 11 is 5.92. The number of Topliss-reactive ketones (excluding diaryl/α,β-unsaturated/α-hetero) is 1. The van der Waals surface area contributed by atoms with Gasteiger partial charge in [0.05, 0.1) is 0 Å². The molecular weight excluding hydrogens is 220 g/mol. The Hall–Kier alpha value is -1.08. The SMILES string of the molecule is O=C1CCCCC/C1=C\c1cccc(Cl)c1. The fourth-order valence-electron chi connectivity index (χ4n) is 2.03. The fraction of sp³-hybridized carbons (Fsp3) is 0.357. The standard InChI is InChI=1S/C14H15ClO/c15-13-7-4-5-11(10-13)9-12-6-2-1-3-8-14(12)16/h4-5,7,9-10H,1-3,6,8H2/b12-9+. The average molecular weight is 235 g/mol. The van der Waals surface area contributed by atoms with Gasteiger partial charge in [-0.15, -0.1) is 0 Å². The second-order valence-electron chi connectivity index (χ2n) is 4.21. The number of carbonyl (C=O) groups excluding carboxylic acids is 1. The van der Waals surface area contributed by atoms with Crippen molar-refractivity contribution in [2.45, 2.75) is 32.1 Å². The molecule has 0 saturated heterocycles. The van der Waals surface area contributed by atoms with E-state index >= 15 is 0 Å². The molecule has 1 fully saturated rings. The lowest BCUT2D eigenvalue weighted by atomic mass is 10.0. The molecule has 0 spiro atoms. The van der Waals surface area contributed by atoms with Crippen LogP contribution in [-0.2, 0) is 4.79 Å². The van der Waals surface area contributed by atoms with Crippen LogP contribution in [0.15, 0.2) is 29.8 Å². The van der Waals surface area contributed by atoms with Crippen LogP contribution in [0.3, 0.4) is 0 Å². The average Bonchev–Trinajstić information content (AvgIpc) is 2.45. The minimum absolute atomic E-state index is 0.303. The van der Waals surface area contributed by atoms with Crippen LogP contribution in [0.4, 0.5) is 0 Å². The van der Waals surface area contributed by atoms with Crippen LogP contribution >= 0.6 is 11.6 Å². The number of halogens is 1. The number of rotatable bonds is 1. The van der Waals surface area contributed by atoms with Gasteiger partial charge in [-0.3, -0.25) is 4.79 Å². The van der Waals surface area contributed by atoms with Gasteiger partial charge in [0.1, 0.15) is 0 Å². The van der Waals surface area contributed by atoms with Crippen molar-refractivity contribution in [1.82, 2.24) is 0 Å². The molecule has 2 rings (SSSR count). The van der Waals surface area contributed by atoms with Gasteiger partial charge in [-0.25, -0.2) is 0 Å². The number of benzene rings is 1. The maximum atomic E-state index is 11.8. The van der Waals surface area contributed by atoms with Gasteiger partial charge in [-0.2, -0.15) is 0 Å². The highest BCUT2D eigenvalue weighted by molar-refractivity contribution is 6.30. The predicted octanol–water partition coefficient (Wildman–Crippen LogP) is 4.26. The molecule has 1 aromatic rings. The molecule has 0 aliphatic heterocycles. The molecule has 0 amide bonds. The van der Waals surface area contributed by atoms with Gasteiger partial charge in [0.2, 0.25) is 0 Å². The van der Waals surface area contributed by atoms with E-state index in [1.54, 1.807) is 0 Å². The topological polar surface area (TPSA) is 17.1 Å². The number of carbonyl (C=O) groups is 1. The molecule has 0 radical (unpaired) electrons. The molecule has 1 saturated carbocycles. The first-order valence-corrected chi connectivity index (χ1v) is 6.13. The Morgan fingerprint density at radius 3 is 2.75 bits per heavy atom. The lowest BCUT2D eigenvalue weighted by Gasteiger charge is -2.02. The third-order valence-electron chi connectivity index (χ3n) is 2.90. The van der Waals surface area contributed by atoms with Crippen LogP contribution in [0.25, 0.3) is 6.08 Å². The Bertz CT molecular complexity index is 420. The summed E-state index contributed by atoms with van der Waals surface area (Å²) in [6.07, 6.45) is 6.92. The zero-order valence-electron chi connectivity index (χ0n) is 9.21. The second-order valence-corrected chi connectivity index (χ2v) is 4.64. The quantitative estimate of drug-likeness (QED) is 0.524. The molecule has 84 valence electrons. The van der Waals surface area contributed by atoms with Crippen LogP contribution in [0, 0.1) is 0 Å². The third-order valence-corrected chi connectivity index (χ3v) is 3.13. The molecular formula is C14H15ClO. The van der Waals surface area contributed by atoms with E-state index in [1.165, 1.54) is 6.42 Å². The molecule has 1 aliphatic rings. The van der Waals surface area contributed by atoms with Crippen LogP contribution in [-0.4, -0.2) is 5.78 Å². The molecule has 0 aromatic heterocycles. The zero-order valence-corrected chi connectivity index (χ0v) is 9.96. The third kappa shape index (κ3) is 2.96. The number of ketones is 1. The van der Waals surface area contributed by atoms with Gasteiger partial charge in [-0.05, 0) is 48.6 Å². The van der Waals surface area contributed by atoms with Crippen molar-refractivity contribution < 1.29 is 4.79 Å². The Morgan fingerprint density at radius 2 is 1.94 bits per heavy atom. The summed E-state index contributed by atoms with van der Waals surface area (Å²) in [6.45, 7) is 0. The molecule has 1 nitrogen and oxygen atoms in total. The minimum Gasteiger partial charge on any atom is -0.295 e. The number of allylic oxidation sites excluding steroid dienone is 1. The fourth-order valence-corrected chi connectivity index (χ4v) is 2.23. The largest absolute Gasteiger partial charge is 0.295 e. The smallest absolute Gasteiger partial charge is 0.158 e. The molecule has 0 atom stereocenters. The van der Waals surface area contributed by atoms with Gasteiger partial charge >= 0.3 is 0 Å². The normalized spacial score (nSPS) is 19.8. The monoisotopic (exact) mass is 234 g/mol. The molecule has 0 N–H and O–H groups in total. The lowest BCUT2D eigenvalue weighted by molar-refractivity contribution is -0.115. The van der Waals surface area contributed by atoms with E-state index in [1.807, 2.05) is 30.3 Å². The second kappa shape index (κ2) is 5.31. The summed E-state index contributed by atoms with van der Waals surface area (Å²) in [5.41, 5.74) is 1.98. The minimum atomic E-state index is 0.303. The van der Waals surface area contributed by atoms with Crippen molar-refractivity contribution in [3.8, 4) is 0 Å². The first-order chi connectivity index (χ1) is 7.75. The molecule has 0 bridgehead atoms. The molecule has 2 heteroatoms. The molecule has 1 aliphatic carbocycles. The van der Waals surface area contributed by atoms with E-state index < -0.39 is 0 Å². The Labute approximate surface area is 101 Å². The van der Waals surface area contributed by atoms with Gasteiger partial charge in [0.15, 0.2) is 5.78 Å². The summed E-state index contributed by atoms with van der Waals surface area (Å²) in [5.74, 6) is 0.303. The van der Waals surface area contributed by atoms with E-state index in [4.69, 9.17) is 11.6 Å². The predicted molar refractivity (Wildman–Crippen MR) is 67.5 cm³/mol. The highest BCUT2D eigenvalue weighted by Gasteiger charge is 2.12. The summed E-state index contributed by atoms with van der Waals surface area (Å²) < 4.78 is 0. The van der Waals surface area contributed by atoms with Crippen molar-refractivity contribution in [3.05, 3.63) is 40.4 Å². The van der Waals surface area contributed by atoms with E-state index in [0.717, 1.165) is 35.4 Å². The first kappa shape index (κ1) is 11.4. The highest BCUT2D eigenvalue weighted by atomic mass is 35.5. The van der Waals surface area contributed by atoms with Crippen molar-refractivity contribution in [1.29, 1.82) is 0 Å². The van der Waals surface area contributed by atoms with Crippen LogP contribution in [0.2, 0.25) is 5.02 Å². The van der Waals surface area contributed by atoms with Crippen molar-refractivity contribution in [2.75, 3.05) is 0 Å². The Kier molecular flexibility index (Phi) is 3.79. The van der Waals surface area contributed by atoms with Crippen molar-refractivity contribution in [2.24, 2.45) is 0 Å². The van der Waals surface area contributed by atoms with Crippen LogP contribution in [0.1, 0.15) is 37.7 Å². The van der Waals surface area contributed by atoms with Gasteiger partial charge in [-0.1, -0.05) is 30.2 Å². The first-order valence-electron chi connectivity index (χ1n) is 5.75. The van der Waals surface area contributed by atoms with Crippen LogP contribution in [0.5, 0.6) is 0 Å².